The third-order valence-electron chi connectivity index (χ3n) is 4.26. The molecule has 0 bridgehead atoms. The van der Waals surface area contributed by atoms with Crippen LogP contribution in [0.1, 0.15) is 11.1 Å². The second kappa shape index (κ2) is 8.19. The Balaban J connectivity index is 1.97. The number of alkyl halides is 3. The highest BCUT2D eigenvalue weighted by Gasteiger charge is 2.34. The van der Waals surface area contributed by atoms with E-state index < -0.39 is 28.7 Å². The Morgan fingerprint density at radius 2 is 1.90 bits per heavy atom. The van der Waals surface area contributed by atoms with Gasteiger partial charge in [0.05, 0.1) is 23.3 Å². The average Bonchev–Trinajstić information content (AvgIpc) is 2.68. The predicted molar refractivity (Wildman–Crippen MR) is 105 cm³/mol. The van der Waals surface area contributed by atoms with Crippen molar-refractivity contribution in [2.24, 2.45) is 0 Å². The molecule has 3 N–H and O–H groups in total. The molecule has 0 atom stereocenters. The first kappa shape index (κ1) is 21.4. The van der Waals surface area contributed by atoms with E-state index in [1.165, 1.54) is 12.1 Å². The van der Waals surface area contributed by atoms with Crippen LogP contribution >= 0.6 is 11.6 Å². The molecule has 0 fully saturated rings. The number of hydrogen-bond acceptors (Lipinski definition) is 3. The molecule has 3 rings (SSSR count). The Kier molecular flexibility index (Phi) is 5.84. The van der Waals surface area contributed by atoms with Crippen LogP contribution in [-0.4, -0.2) is 16.2 Å². The van der Waals surface area contributed by atoms with Gasteiger partial charge in [-0.25, -0.2) is 14.2 Å². The van der Waals surface area contributed by atoms with Gasteiger partial charge >= 0.3 is 12.3 Å². The number of amides is 1. The quantitative estimate of drug-likeness (QED) is 0.501. The topological polar surface area (TPSA) is 79.5 Å². The summed E-state index contributed by atoms with van der Waals surface area (Å²) in [6.07, 6.45) is -5.23. The largest absolute Gasteiger partial charge is 0.465 e. The summed E-state index contributed by atoms with van der Waals surface area (Å²) in [5, 5.41) is 9.02. The third-order valence-corrected chi connectivity index (χ3v) is 4.59. The molecule has 0 unspecified atom stereocenters. The number of nitrogens with two attached hydrogens (primary N) is 1. The van der Waals surface area contributed by atoms with Gasteiger partial charge in [-0.05, 0) is 41.5 Å². The fourth-order valence-corrected chi connectivity index (χ4v) is 3.09. The Bertz CT molecular complexity index is 1110. The fourth-order valence-electron chi connectivity index (χ4n) is 2.87. The molecule has 1 heterocycles. The third kappa shape index (κ3) is 4.62. The normalized spacial score (nSPS) is 11.4. The molecule has 5 nitrogen and oxygen atoms in total. The molecule has 1 amide bonds. The van der Waals surface area contributed by atoms with Crippen LogP contribution in [0.15, 0.2) is 54.7 Å². The van der Waals surface area contributed by atoms with Gasteiger partial charge in [-0.1, -0.05) is 29.8 Å². The molecule has 0 spiro atoms. The van der Waals surface area contributed by atoms with Crippen molar-refractivity contribution in [2.75, 3.05) is 10.6 Å². The molecule has 30 heavy (non-hydrogen) atoms. The number of nitrogen functional groups attached to an aromatic ring is 1. The summed E-state index contributed by atoms with van der Waals surface area (Å²) < 4.78 is 52.9. The maximum absolute atomic E-state index is 13.5. The second-order valence-electron chi connectivity index (χ2n) is 6.32. The van der Waals surface area contributed by atoms with Crippen molar-refractivity contribution in [1.29, 1.82) is 0 Å². The van der Waals surface area contributed by atoms with Crippen molar-refractivity contribution in [2.45, 2.75) is 12.7 Å². The number of carboxylic acid groups (broad SMARTS) is 1. The van der Waals surface area contributed by atoms with E-state index in [4.69, 9.17) is 17.3 Å². The van der Waals surface area contributed by atoms with E-state index in [0.29, 0.717) is 22.8 Å². The highest BCUT2D eigenvalue weighted by atomic mass is 35.5. The first-order chi connectivity index (χ1) is 14.1. The van der Waals surface area contributed by atoms with E-state index in [0.717, 1.165) is 17.2 Å². The van der Waals surface area contributed by atoms with E-state index in [2.05, 4.69) is 4.98 Å². The lowest BCUT2D eigenvalue weighted by Gasteiger charge is -2.21. The molecule has 156 valence electrons. The van der Waals surface area contributed by atoms with Crippen LogP contribution in [0, 0.1) is 5.82 Å². The van der Waals surface area contributed by atoms with Crippen molar-refractivity contribution in [3.05, 3.63) is 76.7 Å². The average molecular weight is 440 g/mol. The second-order valence-corrected chi connectivity index (χ2v) is 6.72. The monoisotopic (exact) mass is 439 g/mol. The van der Waals surface area contributed by atoms with Crippen molar-refractivity contribution in [3.8, 4) is 11.1 Å². The molecule has 0 aliphatic rings. The smallest absolute Gasteiger partial charge is 0.417 e. The molecular weight excluding hydrogens is 426 g/mol. The molecule has 2 aromatic carbocycles. The first-order valence-corrected chi connectivity index (χ1v) is 8.81. The lowest BCUT2D eigenvalue weighted by molar-refractivity contribution is -0.137. The zero-order valence-corrected chi connectivity index (χ0v) is 15.9. The number of benzene rings is 2. The molecule has 1 aromatic heterocycles. The molecule has 0 aliphatic heterocycles. The Morgan fingerprint density at radius 1 is 1.17 bits per heavy atom. The van der Waals surface area contributed by atoms with Crippen molar-refractivity contribution in [3.63, 3.8) is 0 Å². The summed E-state index contributed by atoms with van der Waals surface area (Å²) in [4.78, 5) is 16.2. The minimum Gasteiger partial charge on any atom is -0.465 e. The van der Waals surface area contributed by atoms with E-state index in [9.17, 15) is 27.5 Å². The van der Waals surface area contributed by atoms with Crippen LogP contribution in [0.25, 0.3) is 11.1 Å². The lowest BCUT2D eigenvalue weighted by atomic mass is 10.0. The maximum atomic E-state index is 13.5. The zero-order valence-electron chi connectivity index (χ0n) is 15.1. The number of aromatic nitrogens is 1. The number of carbonyl (C=O) groups is 1. The van der Waals surface area contributed by atoms with Crippen LogP contribution in [0.5, 0.6) is 0 Å². The van der Waals surface area contributed by atoms with Gasteiger partial charge in [0, 0.05) is 11.3 Å². The first-order valence-electron chi connectivity index (χ1n) is 8.44. The molecular formula is C20H14ClF4N3O2. The number of hydrogen-bond donors (Lipinski definition) is 2. The Labute approximate surface area is 173 Å². The number of halogens is 5. The van der Waals surface area contributed by atoms with Gasteiger partial charge in [-0.3, -0.25) is 4.90 Å². The number of pyridine rings is 1. The minimum absolute atomic E-state index is 0.0798. The standard InChI is InChI=1S/C20H14ClF4N3O2/c21-17-5-4-14(8-16(17)20(23,24)25)28(19(29)30)10-11-2-1-3-12(6-11)15-7-13(22)9-27-18(15)26/h1-9H,10H2,(H2,26,27)(H,29,30). The number of nitrogens with zero attached hydrogens (tertiary/aromatic N) is 2. The SMILES string of the molecule is Nc1ncc(F)cc1-c1cccc(CN(C(=O)O)c2ccc(Cl)c(C(F)(F)F)c2)c1. The van der Waals surface area contributed by atoms with Gasteiger partial charge in [0.1, 0.15) is 11.6 Å². The van der Waals surface area contributed by atoms with Gasteiger partial charge in [0.15, 0.2) is 0 Å². The highest BCUT2D eigenvalue weighted by molar-refractivity contribution is 6.31. The molecule has 10 heteroatoms. The van der Waals surface area contributed by atoms with E-state index in [1.807, 2.05) is 0 Å². The van der Waals surface area contributed by atoms with Gasteiger partial charge in [-0.2, -0.15) is 13.2 Å². The van der Waals surface area contributed by atoms with E-state index in [-0.39, 0.29) is 18.1 Å². The minimum atomic E-state index is -4.74. The summed E-state index contributed by atoms with van der Waals surface area (Å²) in [5.41, 5.74) is 5.68. The van der Waals surface area contributed by atoms with Crippen molar-refractivity contribution < 1.29 is 27.5 Å². The highest BCUT2D eigenvalue weighted by Crippen LogP contribution is 2.37. The van der Waals surface area contributed by atoms with E-state index >= 15 is 0 Å². The van der Waals surface area contributed by atoms with Crippen LogP contribution in [0.3, 0.4) is 0 Å². The van der Waals surface area contributed by atoms with Gasteiger partial charge in [0.25, 0.3) is 0 Å². The Morgan fingerprint density at radius 3 is 2.57 bits per heavy atom. The predicted octanol–water partition coefficient (Wildman–Crippen LogP) is 5.83. The van der Waals surface area contributed by atoms with E-state index in [1.54, 1.807) is 24.3 Å². The van der Waals surface area contributed by atoms with Crippen LogP contribution < -0.4 is 10.6 Å². The maximum Gasteiger partial charge on any atom is 0.417 e. The van der Waals surface area contributed by atoms with Crippen LogP contribution in [0.2, 0.25) is 5.02 Å². The summed E-state index contributed by atoms with van der Waals surface area (Å²) in [7, 11) is 0. The van der Waals surface area contributed by atoms with Crippen LogP contribution in [-0.2, 0) is 12.7 Å². The molecule has 3 aromatic rings. The summed E-state index contributed by atoms with van der Waals surface area (Å²) in [6.45, 7) is -0.259. The van der Waals surface area contributed by atoms with Crippen molar-refractivity contribution in [1.82, 2.24) is 4.98 Å². The van der Waals surface area contributed by atoms with Gasteiger partial charge < -0.3 is 10.8 Å². The van der Waals surface area contributed by atoms with Gasteiger partial charge in [0.2, 0.25) is 0 Å². The zero-order chi connectivity index (χ0) is 22.1. The number of rotatable bonds is 4. The molecule has 0 radical (unpaired) electrons. The summed E-state index contributed by atoms with van der Waals surface area (Å²) in [5.74, 6) is -0.520. The molecule has 0 saturated heterocycles. The van der Waals surface area contributed by atoms with Crippen LogP contribution in [0.4, 0.5) is 33.9 Å². The lowest BCUT2D eigenvalue weighted by Crippen LogP contribution is -2.29. The number of anilines is 2. The van der Waals surface area contributed by atoms with Crippen molar-refractivity contribution >= 4 is 29.2 Å². The fraction of sp³-hybridized carbons (Fsp3) is 0.100. The van der Waals surface area contributed by atoms with Gasteiger partial charge in [-0.15, -0.1) is 0 Å². The summed E-state index contributed by atoms with van der Waals surface area (Å²) in [6, 6.07) is 10.4. The molecule has 0 saturated carbocycles. The molecule has 0 aliphatic carbocycles. The summed E-state index contributed by atoms with van der Waals surface area (Å²) >= 11 is 5.61. The Hall–Kier alpha value is -3.33.